The van der Waals surface area contributed by atoms with Crippen molar-refractivity contribution in [2.24, 2.45) is 5.73 Å². The first-order valence-corrected chi connectivity index (χ1v) is 18.0. The molecule has 0 aliphatic carbocycles. The van der Waals surface area contributed by atoms with E-state index in [9.17, 15) is 14.3 Å². The van der Waals surface area contributed by atoms with Gasteiger partial charge in [-0.05, 0) is 12.8 Å². The van der Waals surface area contributed by atoms with E-state index in [2.05, 4.69) is 6.92 Å². The Labute approximate surface area is 246 Å². The van der Waals surface area contributed by atoms with E-state index in [1.54, 1.807) is 0 Å². The summed E-state index contributed by atoms with van der Waals surface area (Å²) in [6, 6.07) is 0. The van der Waals surface area contributed by atoms with Crippen molar-refractivity contribution in [2.75, 3.05) is 33.0 Å². The minimum absolute atomic E-state index is 0.0926. The molecule has 0 bridgehead atoms. The second-order valence-electron chi connectivity index (χ2n) is 11.0. The topological polar surface area (TPSA) is 117 Å². The van der Waals surface area contributed by atoms with E-state index in [1.165, 1.54) is 109 Å². The Morgan fingerprint density at radius 2 is 1.10 bits per heavy atom. The van der Waals surface area contributed by atoms with Crippen LogP contribution in [0.4, 0.5) is 0 Å². The third-order valence-corrected chi connectivity index (χ3v) is 8.01. The molecule has 0 aromatic heterocycles. The van der Waals surface area contributed by atoms with E-state index < -0.39 is 13.9 Å². The summed E-state index contributed by atoms with van der Waals surface area (Å²) in [6.07, 6.45) is 26.6. The van der Waals surface area contributed by atoms with Gasteiger partial charge in [-0.15, -0.1) is 0 Å². The quantitative estimate of drug-likeness (QED) is 0.0452. The molecule has 2 atom stereocenters. The first-order chi connectivity index (χ1) is 19.4. The highest BCUT2D eigenvalue weighted by atomic mass is 31.2. The fourth-order valence-electron chi connectivity index (χ4n) is 4.56. The van der Waals surface area contributed by atoms with Crippen LogP contribution in [0.25, 0.3) is 0 Å². The molecule has 0 heterocycles. The number of rotatable bonds is 32. The number of carbonyl (C=O) groups is 1. The molecular formula is C31H64NO7P. The molecule has 8 nitrogen and oxygen atoms in total. The molecule has 0 amide bonds. The molecule has 0 fully saturated rings. The van der Waals surface area contributed by atoms with Crippen LogP contribution in [0.5, 0.6) is 0 Å². The standard InChI is InChI=1S/C31H64NO7P/c1-3-5-7-8-9-10-11-12-13-14-15-16-17-18-19-20-21-22-23-26-36-28-30(39-31(33)24-6-4-2)29-38-40(34,35)37-27-25-32/h30H,3-29,32H2,1-2H3,(H,34,35). The van der Waals surface area contributed by atoms with Crippen LogP contribution >= 0.6 is 7.82 Å². The molecule has 0 aliphatic rings. The van der Waals surface area contributed by atoms with Crippen molar-refractivity contribution in [3.8, 4) is 0 Å². The Bertz CT molecular complexity index is 594. The van der Waals surface area contributed by atoms with Crippen LogP contribution in [-0.2, 0) is 27.9 Å². The predicted molar refractivity (Wildman–Crippen MR) is 164 cm³/mol. The van der Waals surface area contributed by atoms with Gasteiger partial charge in [-0.1, -0.05) is 136 Å². The van der Waals surface area contributed by atoms with Gasteiger partial charge in [0.25, 0.3) is 0 Å². The zero-order chi connectivity index (χ0) is 29.6. The summed E-state index contributed by atoms with van der Waals surface area (Å²) in [5.41, 5.74) is 5.29. The van der Waals surface area contributed by atoms with Gasteiger partial charge < -0.3 is 20.1 Å². The number of unbranched alkanes of at least 4 members (excludes halogenated alkanes) is 19. The molecule has 0 radical (unpaired) electrons. The monoisotopic (exact) mass is 593 g/mol. The van der Waals surface area contributed by atoms with Gasteiger partial charge in [-0.3, -0.25) is 13.8 Å². The fraction of sp³-hybridized carbons (Fsp3) is 0.968. The normalized spacial score (nSPS) is 13.8. The molecule has 0 saturated heterocycles. The molecule has 2 unspecified atom stereocenters. The zero-order valence-electron chi connectivity index (χ0n) is 26.1. The lowest BCUT2D eigenvalue weighted by atomic mass is 10.0. The van der Waals surface area contributed by atoms with Gasteiger partial charge in [0.1, 0.15) is 6.10 Å². The van der Waals surface area contributed by atoms with Crippen molar-refractivity contribution in [1.82, 2.24) is 0 Å². The van der Waals surface area contributed by atoms with Gasteiger partial charge in [0.2, 0.25) is 0 Å². The van der Waals surface area contributed by atoms with Gasteiger partial charge in [0.05, 0.1) is 19.8 Å². The molecule has 0 spiro atoms. The molecule has 0 aliphatic heterocycles. The summed E-state index contributed by atoms with van der Waals surface area (Å²) in [5.74, 6) is -0.363. The number of ether oxygens (including phenoxy) is 2. The molecule has 240 valence electrons. The van der Waals surface area contributed by atoms with E-state index in [0.717, 1.165) is 25.7 Å². The van der Waals surface area contributed by atoms with Crippen molar-refractivity contribution < 1.29 is 32.8 Å². The summed E-state index contributed by atoms with van der Waals surface area (Å²) in [4.78, 5) is 21.7. The molecule has 40 heavy (non-hydrogen) atoms. The first-order valence-electron chi connectivity index (χ1n) is 16.5. The number of esters is 1. The smallest absolute Gasteiger partial charge is 0.457 e. The van der Waals surface area contributed by atoms with Crippen LogP contribution in [0.3, 0.4) is 0 Å². The van der Waals surface area contributed by atoms with E-state index >= 15 is 0 Å². The Morgan fingerprint density at radius 1 is 0.650 bits per heavy atom. The first kappa shape index (κ1) is 39.5. The summed E-state index contributed by atoms with van der Waals surface area (Å²) >= 11 is 0. The van der Waals surface area contributed by atoms with Crippen LogP contribution in [0.15, 0.2) is 0 Å². The third-order valence-electron chi connectivity index (χ3n) is 7.02. The second-order valence-corrected chi connectivity index (χ2v) is 12.5. The zero-order valence-corrected chi connectivity index (χ0v) is 27.0. The fourth-order valence-corrected chi connectivity index (χ4v) is 5.33. The number of hydrogen-bond acceptors (Lipinski definition) is 7. The van der Waals surface area contributed by atoms with E-state index in [0.29, 0.717) is 13.0 Å². The van der Waals surface area contributed by atoms with Crippen LogP contribution in [-0.4, -0.2) is 49.9 Å². The molecule has 0 aromatic carbocycles. The van der Waals surface area contributed by atoms with Gasteiger partial charge >= 0.3 is 13.8 Å². The van der Waals surface area contributed by atoms with Crippen molar-refractivity contribution in [3.05, 3.63) is 0 Å². The minimum Gasteiger partial charge on any atom is -0.457 e. The number of hydrogen-bond donors (Lipinski definition) is 2. The summed E-state index contributed by atoms with van der Waals surface area (Å²) in [5, 5.41) is 0. The molecule has 0 rings (SSSR count). The molecule has 3 N–H and O–H groups in total. The second kappa shape index (κ2) is 30.0. The van der Waals surface area contributed by atoms with E-state index in [4.69, 9.17) is 24.3 Å². The average molecular weight is 594 g/mol. The van der Waals surface area contributed by atoms with Crippen LogP contribution in [0.1, 0.15) is 155 Å². The summed E-state index contributed by atoms with van der Waals surface area (Å²) < 4.78 is 32.7. The Kier molecular flexibility index (Phi) is 29.6. The van der Waals surface area contributed by atoms with E-state index in [-0.39, 0.29) is 32.3 Å². The summed E-state index contributed by atoms with van der Waals surface area (Å²) in [6.45, 7) is 4.69. The van der Waals surface area contributed by atoms with Crippen LogP contribution in [0.2, 0.25) is 0 Å². The maximum Gasteiger partial charge on any atom is 0.472 e. The lowest BCUT2D eigenvalue weighted by Crippen LogP contribution is -2.28. The van der Waals surface area contributed by atoms with Gasteiger partial charge in [0.15, 0.2) is 0 Å². The van der Waals surface area contributed by atoms with Crippen LogP contribution in [0, 0.1) is 0 Å². The van der Waals surface area contributed by atoms with Gasteiger partial charge in [-0.2, -0.15) is 0 Å². The third kappa shape index (κ3) is 29.0. The maximum atomic E-state index is 12.0. The molecule has 0 saturated carbocycles. The molecule has 0 aromatic rings. The highest BCUT2D eigenvalue weighted by molar-refractivity contribution is 7.47. The number of nitrogens with two attached hydrogens (primary N) is 1. The largest absolute Gasteiger partial charge is 0.472 e. The Balaban J connectivity index is 3.70. The van der Waals surface area contributed by atoms with Crippen LogP contribution < -0.4 is 5.73 Å². The SMILES string of the molecule is CCCCCCCCCCCCCCCCCCCCCOCC(COP(=O)(O)OCCN)OC(=O)CCCC. The lowest BCUT2D eigenvalue weighted by molar-refractivity contribution is -0.154. The Morgan fingerprint density at radius 3 is 1.55 bits per heavy atom. The highest BCUT2D eigenvalue weighted by Crippen LogP contribution is 2.43. The number of phosphoric ester groups is 1. The maximum absolute atomic E-state index is 12.0. The molecular weight excluding hydrogens is 529 g/mol. The minimum atomic E-state index is -4.24. The van der Waals surface area contributed by atoms with E-state index in [1.807, 2.05) is 6.92 Å². The Hall–Kier alpha value is -0.500. The van der Waals surface area contributed by atoms with Crippen molar-refractivity contribution in [2.45, 2.75) is 161 Å². The van der Waals surface area contributed by atoms with Crippen molar-refractivity contribution in [3.63, 3.8) is 0 Å². The average Bonchev–Trinajstić information content (AvgIpc) is 2.94. The van der Waals surface area contributed by atoms with Crippen molar-refractivity contribution in [1.29, 1.82) is 0 Å². The number of phosphoric acid groups is 1. The lowest BCUT2D eigenvalue weighted by Gasteiger charge is -2.20. The molecule has 9 heteroatoms. The van der Waals surface area contributed by atoms with Crippen molar-refractivity contribution >= 4 is 13.8 Å². The van der Waals surface area contributed by atoms with Gasteiger partial charge in [-0.25, -0.2) is 4.57 Å². The summed E-state index contributed by atoms with van der Waals surface area (Å²) in [7, 11) is -4.24. The highest BCUT2D eigenvalue weighted by Gasteiger charge is 2.25. The number of carbonyl (C=O) groups excluding carboxylic acids is 1. The predicted octanol–water partition coefficient (Wildman–Crippen LogP) is 8.63. The van der Waals surface area contributed by atoms with Gasteiger partial charge in [0, 0.05) is 19.6 Å².